The molecule has 1 aliphatic rings. The van der Waals surface area contributed by atoms with Gasteiger partial charge in [-0.3, -0.25) is 9.09 Å². The summed E-state index contributed by atoms with van der Waals surface area (Å²) in [6.45, 7) is 0.736. The van der Waals surface area contributed by atoms with Gasteiger partial charge < -0.3 is 30.7 Å². The molecular weight excluding hydrogens is 386 g/mol. The minimum Gasteiger partial charge on any atom is -0.387 e. The van der Waals surface area contributed by atoms with Crippen molar-refractivity contribution >= 4 is 30.8 Å². The van der Waals surface area contributed by atoms with Crippen LogP contribution in [0.1, 0.15) is 19.6 Å². The van der Waals surface area contributed by atoms with Crippen molar-refractivity contribution in [2.45, 2.75) is 37.4 Å². The Balaban J connectivity index is 1.89. The lowest BCUT2D eigenvalue weighted by molar-refractivity contribution is -0.0490. The van der Waals surface area contributed by atoms with Gasteiger partial charge in [-0.1, -0.05) is 0 Å². The molecule has 3 rings (SSSR count). The van der Waals surface area contributed by atoms with Crippen LogP contribution in [0.4, 0.5) is 16.2 Å². The largest absolute Gasteiger partial charge is 0.469 e. The number of hydrogen-bond donors (Lipinski definition) is 5. The van der Waals surface area contributed by atoms with E-state index in [1.165, 1.54) is 10.9 Å². The smallest absolute Gasteiger partial charge is 0.387 e. The molecule has 0 radical (unpaired) electrons. The molecule has 4 atom stereocenters. The molecule has 0 amide bonds. The van der Waals surface area contributed by atoms with Crippen LogP contribution in [0.2, 0.25) is 0 Å². The summed E-state index contributed by atoms with van der Waals surface area (Å²) >= 11 is 0. The number of aromatic nitrogens is 4. The molecule has 0 unspecified atom stereocenters. The zero-order valence-electron chi connectivity index (χ0n) is 14.5. The fourth-order valence-electron chi connectivity index (χ4n) is 3.01. The number of fused-ring (bicyclic) bond motifs is 1. The number of nitrogens with one attached hydrogen (secondary N) is 1. The summed E-state index contributed by atoms with van der Waals surface area (Å²) in [7, 11) is -3.05. The molecule has 1 aliphatic heterocycles. The lowest BCUT2D eigenvalue weighted by atomic mass is 9.97. The van der Waals surface area contributed by atoms with E-state index in [9.17, 15) is 9.67 Å². The number of nitrogens with zero attached hydrogens (tertiary/aromatic N) is 4. The van der Waals surface area contributed by atoms with Crippen LogP contribution in [-0.4, -0.2) is 65.9 Å². The first-order valence-corrected chi connectivity index (χ1v) is 9.48. The molecule has 0 saturated carbocycles. The number of rotatable bonds is 6. The van der Waals surface area contributed by atoms with Gasteiger partial charge >= 0.3 is 7.82 Å². The number of alkyl halides is 1. The molecule has 3 heterocycles. The summed E-state index contributed by atoms with van der Waals surface area (Å²) in [4.78, 5) is 29.7. The van der Waals surface area contributed by atoms with Crippen molar-refractivity contribution in [1.82, 2.24) is 19.5 Å². The predicted octanol–water partition coefficient (Wildman–Crippen LogP) is -0.0639. The summed E-state index contributed by atoms with van der Waals surface area (Å²) < 4.78 is 37.2. The van der Waals surface area contributed by atoms with E-state index in [-0.39, 0.29) is 18.0 Å². The van der Waals surface area contributed by atoms with Crippen molar-refractivity contribution in [3.8, 4) is 0 Å². The number of phosphoric ester groups is 1. The van der Waals surface area contributed by atoms with Gasteiger partial charge in [0, 0.05) is 13.5 Å². The summed E-state index contributed by atoms with van der Waals surface area (Å²) in [5.41, 5.74) is 3.99. The Hall–Kier alpha value is -1.89. The van der Waals surface area contributed by atoms with Gasteiger partial charge in [0.15, 0.2) is 28.9 Å². The first-order chi connectivity index (χ1) is 12.5. The van der Waals surface area contributed by atoms with Crippen molar-refractivity contribution in [3.05, 3.63) is 6.33 Å². The Bertz CT molecular complexity index is 888. The number of anilines is 2. The molecule has 150 valence electrons. The number of aliphatic hydroxyl groups excluding tert-OH is 1. The molecule has 1 saturated heterocycles. The van der Waals surface area contributed by atoms with Gasteiger partial charge in [-0.15, -0.1) is 0 Å². The van der Waals surface area contributed by atoms with Gasteiger partial charge in [0.2, 0.25) is 5.95 Å². The number of halogens is 1. The molecule has 12 nitrogen and oxygen atoms in total. The van der Waals surface area contributed by atoms with Gasteiger partial charge in [-0.25, -0.2) is 13.9 Å². The van der Waals surface area contributed by atoms with E-state index in [1.54, 1.807) is 7.05 Å². The molecule has 2 aromatic rings. The Morgan fingerprint density at radius 3 is 2.85 bits per heavy atom. The number of imidazole rings is 1. The third-order valence-electron chi connectivity index (χ3n) is 4.31. The van der Waals surface area contributed by atoms with Crippen molar-refractivity contribution in [2.24, 2.45) is 0 Å². The summed E-state index contributed by atoms with van der Waals surface area (Å²) in [6.07, 6.45) is -2.76. The van der Waals surface area contributed by atoms with E-state index in [4.69, 9.17) is 20.3 Å². The summed E-state index contributed by atoms with van der Waals surface area (Å²) in [5, 5.41) is 13.1. The summed E-state index contributed by atoms with van der Waals surface area (Å²) in [6, 6.07) is 0. The van der Waals surface area contributed by atoms with Crippen LogP contribution in [0.3, 0.4) is 0 Å². The molecule has 27 heavy (non-hydrogen) atoms. The van der Waals surface area contributed by atoms with Gasteiger partial charge in [-0.2, -0.15) is 9.97 Å². The van der Waals surface area contributed by atoms with E-state index in [2.05, 4.69) is 24.8 Å². The fourth-order valence-corrected chi connectivity index (χ4v) is 3.36. The van der Waals surface area contributed by atoms with Crippen LogP contribution in [0.5, 0.6) is 0 Å². The van der Waals surface area contributed by atoms with Gasteiger partial charge in [0.05, 0.1) is 19.0 Å². The molecule has 14 heteroatoms. The highest BCUT2D eigenvalue weighted by Crippen LogP contribution is 2.44. The second-order valence-corrected chi connectivity index (χ2v) is 7.48. The number of hydrogen-bond acceptors (Lipinski definition) is 9. The standard InChI is InChI=1S/C13H20FN6O6P/c1-13(14)8(21)6(3-4-25-27(22,23)24)26-11(13)20-5-17-7-9(16-2)18-12(15)19-10(7)20/h5-6,8,11,21H,3-4H2,1-2H3,(H2,22,23,24)(H3,15,16,18,19)/t6-,8-,11-,13-/m1/s1. The van der Waals surface area contributed by atoms with Gasteiger partial charge in [0.1, 0.15) is 6.10 Å². The highest BCUT2D eigenvalue weighted by molar-refractivity contribution is 7.46. The molecular formula is C13H20FN6O6P. The third-order valence-corrected chi connectivity index (χ3v) is 4.83. The van der Waals surface area contributed by atoms with Crippen LogP contribution in [0, 0.1) is 0 Å². The molecule has 6 N–H and O–H groups in total. The summed E-state index contributed by atoms with van der Waals surface area (Å²) in [5.74, 6) is 0.293. The normalized spacial score (nSPS) is 28.7. The second-order valence-electron chi connectivity index (χ2n) is 6.24. The molecule has 0 bridgehead atoms. The Labute approximate surface area is 152 Å². The maximum Gasteiger partial charge on any atom is 0.469 e. The van der Waals surface area contributed by atoms with Crippen LogP contribution in [0.25, 0.3) is 11.2 Å². The zero-order valence-corrected chi connectivity index (χ0v) is 15.4. The predicted molar refractivity (Wildman–Crippen MR) is 91.3 cm³/mol. The van der Waals surface area contributed by atoms with Crippen LogP contribution < -0.4 is 11.1 Å². The van der Waals surface area contributed by atoms with E-state index in [0.717, 1.165) is 6.92 Å². The quantitative estimate of drug-likeness (QED) is 0.406. The average molecular weight is 406 g/mol. The van der Waals surface area contributed by atoms with E-state index in [0.29, 0.717) is 11.3 Å². The number of phosphoric acid groups is 1. The maximum atomic E-state index is 15.2. The molecule has 0 aromatic carbocycles. The van der Waals surface area contributed by atoms with E-state index >= 15 is 4.39 Å². The van der Waals surface area contributed by atoms with Gasteiger partial charge in [0.25, 0.3) is 0 Å². The van der Waals surface area contributed by atoms with Crippen molar-refractivity contribution in [3.63, 3.8) is 0 Å². The van der Waals surface area contributed by atoms with Crippen LogP contribution in [-0.2, 0) is 13.8 Å². The van der Waals surface area contributed by atoms with Crippen molar-refractivity contribution < 1.29 is 33.1 Å². The average Bonchev–Trinajstić information content (AvgIpc) is 3.06. The third kappa shape index (κ3) is 3.74. The monoisotopic (exact) mass is 406 g/mol. The molecule has 1 fully saturated rings. The highest BCUT2D eigenvalue weighted by atomic mass is 31.2. The van der Waals surface area contributed by atoms with Crippen LogP contribution in [0.15, 0.2) is 6.33 Å². The molecule has 0 aliphatic carbocycles. The lowest BCUT2D eigenvalue weighted by Gasteiger charge is -2.24. The van der Waals surface area contributed by atoms with Gasteiger partial charge in [-0.05, 0) is 6.92 Å². The first kappa shape index (κ1) is 19.9. The zero-order chi connectivity index (χ0) is 20.0. The highest BCUT2D eigenvalue weighted by Gasteiger charge is 2.55. The second kappa shape index (κ2) is 6.93. The Morgan fingerprint density at radius 1 is 1.52 bits per heavy atom. The van der Waals surface area contributed by atoms with Crippen molar-refractivity contribution in [1.29, 1.82) is 0 Å². The fraction of sp³-hybridized carbons (Fsp3) is 0.615. The topological polar surface area (TPSA) is 178 Å². The number of aliphatic hydroxyl groups is 1. The minimum atomic E-state index is -4.67. The Morgan fingerprint density at radius 2 is 2.22 bits per heavy atom. The number of nitrogens with two attached hydrogens (primary N) is 1. The number of nitrogen functional groups attached to an aromatic ring is 1. The molecule has 0 spiro atoms. The van der Waals surface area contributed by atoms with Crippen LogP contribution >= 0.6 is 7.82 Å². The number of ether oxygens (including phenoxy) is 1. The minimum absolute atomic E-state index is 0.0562. The van der Waals surface area contributed by atoms with E-state index in [1.807, 2.05) is 0 Å². The van der Waals surface area contributed by atoms with E-state index < -0.39 is 38.5 Å². The first-order valence-electron chi connectivity index (χ1n) is 7.95. The molecule has 2 aromatic heterocycles. The SMILES string of the molecule is CNc1nc(N)nc2c1ncn2[C@@H]1O[C@H](CCOP(=O)(O)O)[C@@H](O)[C@@]1(C)F. The Kier molecular flexibility index (Phi) is 5.10. The lowest BCUT2D eigenvalue weighted by Crippen LogP contribution is -2.39. The maximum absolute atomic E-state index is 15.2. The van der Waals surface area contributed by atoms with Crippen molar-refractivity contribution in [2.75, 3.05) is 24.7 Å².